The molecule has 0 radical (unpaired) electrons. The molecule has 0 saturated heterocycles. The lowest BCUT2D eigenvalue weighted by molar-refractivity contribution is -0.137. The van der Waals surface area contributed by atoms with Gasteiger partial charge in [0.15, 0.2) is 0 Å². The third-order valence-electron chi connectivity index (χ3n) is 4.55. The Morgan fingerprint density at radius 2 is 1.88 bits per heavy atom. The maximum atomic E-state index is 6.27. The molecule has 0 aliphatic heterocycles. The van der Waals surface area contributed by atoms with Crippen molar-refractivity contribution in [2.45, 2.75) is 76.4 Å². The van der Waals surface area contributed by atoms with Crippen molar-refractivity contribution in [2.24, 2.45) is 11.7 Å². The standard InChI is InChI=1S/C14H27NO/c1-2-4-12-7-9-14(11-15,10-8-12)16-13-5-3-6-13/h12-13H,2-11,15H2,1H3. The van der Waals surface area contributed by atoms with E-state index in [2.05, 4.69) is 6.92 Å². The molecular weight excluding hydrogens is 198 g/mol. The van der Waals surface area contributed by atoms with Crippen LogP contribution in [-0.4, -0.2) is 18.2 Å². The van der Waals surface area contributed by atoms with Gasteiger partial charge in [0.2, 0.25) is 0 Å². The predicted molar refractivity (Wildman–Crippen MR) is 67.4 cm³/mol. The highest BCUT2D eigenvalue weighted by molar-refractivity contribution is 4.90. The first-order valence-electron chi connectivity index (χ1n) is 7.16. The number of hydrogen-bond acceptors (Lipinski definition) is 2. The van der Waals surface area contributed by atoms with Gasteiger partial charge in [-0.15, -0.1) is 0 Å². The summed E-state index contributed by atoms with van der Waals surface area (Å²) in [6, 6.07) is 0. The number of rotatable bonds is 5. The van der Waals surface area contributed by atoms with E-state index in [-0.39, 0.29) is 5.60 Å². The lowest BCUT2D eigenvalue weighted by Gasteiger charge is -2.43. The highest BCUT2D eigenvalue weighted by atomic mass is 16.5. The van der Waals surface area contributed by atoms with Crippen LogP contribution in [0, 0.1) is 5.92 Å². The fraction of sp³-hybridized carbons (Fsp3) is 1.00. The average molecular weight is 225 g/mol. The van der Waals surface area contributed by atoms with E-state index < -0.39 is 0 Å². The minimum absolute atomic E-state index is 0.0509. The van der Waals surface area contributed by atoms with Crippen LogP contribution in [0.2, 0.25) is 0 Å². The van der Waals surface area contributed by atoms with Crippen LogP contribution in [0.15, 0.2) is 0 Å². The molecule has 2 aliphatic carbocycles. The van der Waals surface area contributed by atoms with Crippen LogP contribution in [-0.2, 0) is 4.74 Å². The van der Waals surface area contributed by atoms with Gasteiger partial charge in [-0.3, -0.25) is 0 Å². The lowest BCUT2D eigenvalue weighted by atomic mass is 9.76. The van der Waals surface area contributed by atoms with Gasteiger partial charge in [0.1, 0.15) is 0 Å². The van der Waals surface area contributed by atoms with Crippen molar-refractivity contribution in [3.05, 3.63) is 0 Å². The molecule has 0 bridgehead atoms. The molecule has 2 aliphatic rings. The van der Waals surface area contributed by atoms with Gasteiger partial charge in [0, 0.05) is 6.54 Å². The van der Waals surface area contributed by atoms with E-state index in [9.17, 15) is 0 Å². The second-order valence-corrected chi connectivity index (χ2v) is 5.79. The quantitative estimate of drug-likeness (QED) is 0.779. The Hall–Kier alpha value is -0.0800. The molecule has 2 N–H and O–H groups in total. The van der Waals surface area contributed by atoms with Crippen molar-refractivity contribution in [1.29, 1.82) is 0 Å². The smallest absolute Gasteiger partial charge is 0.0808 e. The molecule has 2 fully saturated rings. The number of ether oxygens (including phenoxy) is 1. The molecule has 0 aromatic carbocycles. The summed E-state index contributed by atoms with van der Waals surface area (Å²) in [6.45, 7) is 3.01. The Bertz CT molecular complexity index is 205. The van der Waals surface area contributed by atoms with Gasteiger partial charge in [-0.2, -0.15) is 0 Å². The Morgan fingerprint density at radius 3 is 2.31 bits per heavy atom. The largest absolute Gasteiger partial charge is 0.370 e. The van der Waals surface area contributed by atoms with Crippen molar-refractivity contribution in [3.8, 4) is 0 Å². The van der Waals surface area contributed by atoms with Gasteiger partial charge in [-0.25, -0.2) is 0 Å². The Labute approximate surface area is 99.9 Å². The number of nitrogens with two attached hydrogens (primary N) is 1. The van der Waals surface area contributed by atoms with E-state index in [1.807, 2.05) is 0 Å². The van der Waals surface area contributed by atoms with Crippen LogP contribution in [0.1, 0.15) is 64.7 Å². The van der Waals surface area contributed by atoms with Crippen molar-refractivity contribution in [1.82, 2.24) is 0 Å². The molecular formula is C14H27NO. The molecule has 0 aromatic rings. The normalized spacial score (nSPS) is 36.0. The first kappa shape index (κ1) is 12.4. The average Bonchev–Trinajstić information content (AvgIpc) is 2.27. The summed E-state index contributed by atoms with van der Waals surface area (Å²) in [6.07, 6.45) is 12.2. The summed E-state index contributed by atoms with van der Waals surface area (Å²) in [7, 11) is 0. The Morgan fingerprint density at radius 1 is 1.19 bits per heavy atom. The summed E-state index contributed by atoms with van der Waals surface area (Å²) in [4.78, 5) is 0. The summed E-state index contributed by atoms with van der Waals surface area (Å²) in [5, 5.41) is 0. The first-order valence-corrected chi connectivity index (χ1v) is 7.16. The summed E-state index contributed by atoms with van der Waals surface area (Å²) in [5.41, 5.74) is 6.01. The summed E-state index contributed by atoms with van der Waals surface area (Å²) in [5.74, 6) is 0.940. The van der Waals surface area contributed by atoms with Gasteiger partial charge in [0.25, 0.3) is 0 Å². The zero-order valence-corrected chi connectivity index (χ0v) is 10.7. The molecule has 2 nitrogen and oxygen atoms in total. The van der Waals surface area contributed by atoms with Crippen LogP contribution in [0.4, 0.5) is 0 Å². The molecule has 0 heterocycles. The van der Waals surface area contributed by atoms with Crippen LogP contribution in [0.3, 0.4) is 0 Å². The molecule has 0 unspecified atom stereocenters. The zero-order chi connectivity index (χ0) is 11.4. The minimum Gasteiger partial charge on any atom is -0.370 e. The Balaban J connectivity index is 1.81. The van der Waals surface area contributed by atoms with E-state index in [0.717, 1.165) is 12.5 Å². The van der Waals surface area contributed by atoms with Crippen LogP contribution >= 0.6 is 0 Å². The van der Waals surface area contributed by atoms with Crippen molar-refractivity contribution in [3.63, 3.8) is 0 Å². The van der Waals surface area contributed by atoms with Crippen LogP contribution in [0.25, 0.3) is 0 Å². The van der Waals surface area contributed by atoms with Crippen molar-refractivity contribution >= 4 is 0 Å². The van der Waals surface area contributed by atoms with E-state index in [1.54, 1.807) is 0 Å². The molecule has 0 atom stereocenters. The molecule has 94 valence electrons. The molecule has 2 rings (SSSR count). The molecule has 0 amide bonds. The lowest BCUT2D eigenvalue weighted by Crippen LogP contribution is -2.47. The van der Waals surface area contributed by atoms with Gasteiger partial charge >= 0.3 is 0 Å². The van der Waals surface area contributed by atoms with Gasteiger partial charge in [-0.1, -0.05) is 19.8 Å². The monoisotopic (exact) mass is 225 g/mol. The minimum atomic E-state index is 0.0509. The van der Waals surface area contributed by atoms with Gasteiger partial charge in [-0.05, 0) is 50.9 Å². The molecule has 0 spiro atoms. The molecule has 2 heteroatoms. The fourth-order valence-corrected chi connectivity index (χ4v) is 3.11. The van der Waals surface area contributed by atoms with E-state index in [0.29, 0.717) is 6.10 Å². The summed E-state index contributed by atoms with van der Waals surface area (Å²) >= 11 is 0. The van der Waals surface area contributed by atoms with Gasteiger partial charge in [0.05, 0.1) is 11.7 Å². The predicted octanol–water partition coefficient (Wildman–Crippen LogP) is 3.24. The topological polar surface area (TPSA) is 35.2 Å². The second kappa shape index (κ2) is 5.50. The van der Waals surface area contributed by atoms with Crippen molar-refractivity contribution < 1.29 is 4.74 Å². The van der Waals surface area contributed by atoms with Crippen molar-refractivity contribution in [2.75, 3.05) is 6.54 Å². The summed E-state index contributed by atoms with van der Waals surface area (Å²) < 4.78 is 6.27. The maximum Gasteiger partial charge on any atom is 0.0808 e. The third kappa shape index (κ3) is 2.78. The first-order chi connectivity index (χ1) is 7.78. The highest BCUT2D eigenvalue weighted by Gasteiger charge is 2.38. The van der Waals surface area contributed by atoms with Crippen LogP contribution in [0.5, 0.6) is 0 Å². The maximum absolute atomic E-state index is 6.27. The number of hydrogen-bond donors (Lipinski definition) is 1. The molecule has 0 aromatic heterocycles. The van der Waals surface area contributed by atoms with E-state index in [4.69, 9.17) is 10.5 Å². The van der Waals surface area contributed by atoms with E-state index in [1.165, 1.54) is 57.8 Å². The molecule has 16 heavy (non-hydrogen) atoms. The molecule has 2 saturated carbocycles. The Kier molecular flexibility index (Phi) is 4.26. The van der Waals surface area contributed by atoms with Crippen LogP contribution < -0.4 is 5.73 Å². The van der Waals surface area contributed by atoms with Gasteiger partial charge < -0.3 is 10.5 Å². The highest BCUT2D eigenvalue weighted by Crippen LogP contribution is 2.39. The van der Waals surface area contributed by atoms with E-state index >= 15 is 0 Å². The zero-order valence-electron chi connectivity index (χ0n) is 10.7. The third-order valence-corrected chi connectivity index (χ3v) is 4.55. The SMILES string of the molecule is CCCC1CCC(CN)(OC2CCC2)CC1. The fourth-order valence-electron chi connectivity index (χ4n) is 3.11. The second-order valence-electron chi connectivity index (χ2n) is 5.79.